The highest BCUT2D eigenvalue weighted by Gasteiger charge is 2.42. The van der Waals surface area contributed by atoms with Gasteiger partial charge in [-0.25, -0.2) is 9.48 Å². The summed E-state index contributed by atoms with van der Waals surface area (Å²) in [6, 6.07) is 50.8. The number of methoxy groups -OCH3 is 1. The molecule has 2 heterocycles. The van der Waals surface area contributed by atoms with Crippen molar-refractivity contribution in [1.82, 2.24) is 29.8 Å². The van der Waals surface area contributed by atoms with Crippen molar-refractivity contribution in [2.45, 2.75) is 18.9 Å². The number of carbonyl (C=O) groups excluding carboxylic acids is 1. The van der Waals surface area contributed by atoms with E-state index in [0.717, 1.165) is 38.9 Å². The van der Waals surface area contributed by atoms with Gasteiger partial charge in [0.1, 0.15) is 11.1 Å². The normalized spacial score (nSPS) is 13.3. The van der Waals surface area contributed by atoms with Crippen molar-refractivity contribution < 1.29 is 21.1 Å². The van der Waals surface area contributed by atoms with Crippen molar-refractivity contribution in [2.24, 2.45) is 0 Å². The molecule has 9 heteroatoms. The summed E-state index contributed by atoms with van der Waals surface area (Å²) in [6.45, 7) is -6.07. The molecular weight excluding hydrogens is 661 g/mol. The molecule has 0 radical (unpaired) electrons. The molecule has 0 bridgehead atoms. The fourth-order valence-corrected chi connectivity index (χ4v) is 7.06. The van der Waals surface area contributed by atoms with E-state index in [1.165, 1.54) is 13.2 Å². The van der Waals surface area contributed by atoms with Gasteiger partial charge in [-0.05, 0) is 62.8 Å². The van der Waals surface area contributed by atoms with Crippen LogP contribution in [0.3, 0.4) is 0 Å². The number of benzene rings is 6. The van der Waals surface area contributed by atoms with Crippen LogP contribution in [0.15, 0.2) is 158 Å². The lowest BCUT2D eigenvalue weighted by Crippen LogP contribution is -2.39. The van der Waals surface area contributed by atoms with E-state index in [1.807, 2.05) is 108 Å². The lowest BCUT2D eigenvalue weighted by molar-refractivity contribution is 0.0602. The highest BCUT2D eigenvalue weighted by Crippen LogP contribution is 2.43. The number of carbonyl (C=O) groups is 1. The van der Waals surface area contributed by atoms with Crippen molar-refractivity contribution in [3.63, 3.8) is 0 Å². The van der Waals surface area contributed by atoms with Gasteiger partial charge in [0.15, 0.2) is 5.82 Å². The Balaban J connectivity index is 1.22. The second-order valence-electron chi connectivity index (χ2n) is 12.3. The Morgan fingerprint density at radius 2 is 1.34 bits per heavy atom. The Bertz CT molecular complexity index is 2610. The first-order valence-corrected chi connectivity index (χ1v) is 16.9. The van der Waals surface area contributed by atoms with Gasteiger partial charge in [-0.3, -0.25) is 4.57 Å². The molecule has 0 aliphatic heterocycles. The minimum absolute atomic E-state index is 0.113. The molecule has 0 saturated carbocycles. The number of aromatic nitrogens is 6. The number of rotatable bonds is 11. The van der Waals surface area contributed by atoms with Gasteiger partial charge in [0.25, 0.3) is 6.01 Å². The fourth-order valence-electron chi connectivity index (χ4n) is 7.06. The number of hydrogen-bond acceptors (Lipinski definition) is 7. The summed E-state index contributed by atoms with van der Waals surface area (Å²) in [5.74, 6) is -0.101. The number of fused-ring (bicyclic) bond motifs is 1. The summed E-state index contributed by atoms with van der Waals surface area (Å²) in [5.41, 5.74) is 6.03. The predicted molar refractivity (Wildman–Crippen MR) is 205 cm³/mol. The van der Waals surface area contributed by atoms with Crippen LogP contribution < -0.4 is 4.74 Å². The maximum absolute atomic E-state index is 12.6. The standard InChI is InChI=1S/C44H36N6O3/c1-3-53-43-45-40-38(42(51)52-2)24-15-25-39(40)49(43)30-31-26-28-32(29-27-31)36-22-13-14-23-37(36)41-46-47-48-50(41)44(33-16-7-4-8-17-33,34-18-9-5-10-19-34)35-20-11-6-12-21-35/h4-29H,3,30H2,1-2H3/i1D3,3D2. The number of nitrogens with zero attached hydrogens (tertiary/aromatic N) is 6. The summed E-state index contributed by atoms with van der Waals surface area (Å²) in [4.78, 5) is 17.0. The molecule has 0 saturated heterocycles. The average Bonchev–Trinajstić information content (AvgIpc) is 3.87. The number of ether oxygens (including phenoxy) is 2. The van der Waals surface area contributed by atoms with Crippen molar-refractivity contribution in [1.29, 1.82) is 0 Å². The van der Waals surface area contributed by atoms with Gasteiger partial charge >= 0.3 is 5.97 Å². The summed E-state index contributed by atoms with van der Waals surface area (Å²) >= 11 is 0. The van der Waals surface area contributed by atoms with Crippen LogP contribution >= 0.6 is 0 Å². The second-order valence-corrected chi connectivity index (χ2v) is 12.3. The van der Waals surface area contributed by atoms with Crippen LogP contribution in [0.25, 0.3) is 33.5 Å². The zero-order valence-corrected chi connectivity index (χ0v) is 28.6. The lowest BCUT2D eigenvalue weighted by Gasteiger charge is -2.36. The highest BCUT2D eigenvalue weighted by atomic mass is 16.5. The maximum Gasteiger partial charge on any atom is 0.340 e. The predicted octanol–water partition coefficient (Wildman–Crippen LogP) is 8.43. The van der Waals surface area contributed by atoms with Gasteiger partial charge < -0.3 is 9.47 Å². The van der Waals surface area contributed by atoms with E-state index in [1.54, 1.807) is 16.7 Å². The fraction of sp³-hybridized carbons (Fsp3) is 0.114. The third kappa shape index (κ3) is 5.92. The summed E-state index contributed by atoms with van der Waals surface area (Å²) in [6.07, 6.45) is 0. The number of esters is 1. The van der Waals surface area contributed by atoms with Gasteiger partial charge in [-0.2, -0.15) is 4.98 Å². The minimum atomic E-state index is -3.11. The first-order chi connectivity index (χ1) is 28.0. The number of hydrogen-bond donors (Lipinski definition) is 0. The van der Waals surface area contributed by atoms with Crippen molar-refractivity contribution >= 4 is 17.0 Å². The molecule has 9 nitrogen and oxygen atoms in total. The number of para-hydroxylation sites is 1. The number of imidazole rings is 1. The molecule has 8 aromatic rings. The summed E-state index contributed by atoms with van der Waals surface area (Å²) in [7, 11) is 1.25. The Morgan fingerprint density at radius 1 is 0.736 bits per heavy atom. The highest BCUT2D eigenvalue weighted by molar-refractivity contribution is 6.02. The van der Waals surface area contributed by atoms with E-state index >= 15 is 0 Å². The SMILES string of the molecule is [2H]C([2H])([2H])C([2H])([2H])Oc1nc2c(C(=O)OC)cccc2n1Cc1ccc(-c2ccccc2-c2nnnn2C(c2ccccc2)(c2ccccc2)c2ccccc2)cc1. The van der Waals surface area contributed by atoms with Crippen LogP contribution in [0.1, 0.15) is 46.3 Å². The molecule has 6 aromatic carbocycles. The monoisotopic (exact) mass is 701 g/mol. The molecule has 53 heavy (non-hydrogen) atoms. The molecule has 0 amide bonds. The Kier molecular flexibility index (Phi) is 7.55. The molecule has 0 aliphatic rings. The van der Waals surface area contributed by atoms with Crippen molar-refractivity contribution in [3.05, 3.63) is 186 Å². The third-order valence-electron chi connectivity index (χ3n) is 9.43. The van der Waals surface area contributed by atoms with Crippen molar-refractivity contribution in [3.8, 4) is 28.5 Å². The molecule has 8 rings (SSSR count). The van der Waals surface area contributed by atoms with Crippen LogP contribution in [0, 0.1) is 0 Å². The molecule has 2 aromatic heterocycles. The quantitative estimate of drug-likeness (QED) is 0.0987. The molecule has 0 fully saturated rings. The zero-order valence-electron chi connectivity index (χ0n) is 33.6. The zero-order chi connectivity index (χ0) is 40.5. The second kappa shape index (κ2) is 14.4. The molecule has 0 spiro atoms. The van der Waals surface area contributed by atoms with Gasteiger partial charge in [0.05, 0.1) is 34.0 Å². The molecule has 0 unspecified atom stereocenters. The van der Waals surface area contributed by atoms with Crippen LogP contribution in [0.4, 0.5) is 0 Å². The molecular formula is C44H36N6O3. The largest absolute Gasteiger partial charge is 0.465 e. The summed E-state index contributed by atoms with van der Waals surface area (Å²) < 4.78 is 53.3. The molecule has 0 atom stereocenters. The maximum atomic E-state index is 12.6. The van der Waals surface area contributed by atoms with E-state index in [-0.39, 0.29) is 23.6 Å². The number of tetrazole rings is 1. The van der Waals surface area contributed by atoms with Crippen LogP contribution in [0.2, 0.25) is 0 Å². The van der Waals surface area contributed by atoms with Crippen molar-refractivity contribution in [2.75, 3.05) is 13.7 Å². The van der Waals surface area contributed by atoms with E-state index in [4.69, 9.17) is 21.5 Å². The molecule has 260 valence electrons. The molecule has 0 aliphatic carbocycles. The smallest absolute Gasteiger partial charge is 0.340 e. The van der Waals surface area contributed by atoms with Gasteiger partial charge in [-0.1, -0.05) is 146 Å². The van der Waals surface area contributed by atoms with E-state index in [2.05, 4.69) is 51.7 Å². The van der Waals surface area contributed by atoms with Crippen LogP contribution in [-0.4, -0.2) is 49.4 Å². The Hall–Kier alpha value is -6.87. The first-order valence-electron chi connectivity index (χ1n) is 19.4. The van der Waals surface area contributed by atoms with Crippen LogP contribution in [0.5, 0.6) is 6.01 Å². The Morgan fingerprint density at radius 3 is 1.94 bits per heavy atom. The molecule has 0 N–H and O–H groups in total. The van der Waals surface area contributed by atoms with Gasteiger partial charge in [0, 0.05) is 9.68 Å². The van der Waals surface area contributed by atoms with E-state index < -0.39 is 24.9 Å². The lowest BCUT2D eigenvalue weighted by atomic mass is 9.77. The van der Waals surface area contributed by atoms with Crippen LogP contribution in [-0.2, 0) is 16.8 Å². The van der Waals surface area contributed by atoms with E-state index in [9.17, 15) is 4.79 Å². The first kappa shape index (κ1) is 27.8. The topological polar surface area (TPSA) is 97.0 Å². The third-order valence-corrected chi connectivity index (χ3v) is 9.43. The Labute approximate surface area is 314 Å². The van der Waals surface area contributed by atoms with Gasteiger partial charge in [0.2, 0.25) is 0 Å². The van der Waals surface area contributed by atoms with E-state index in [0.29, 0.717) is 11.3 Å². The van der Waals surface area contributed by atoms with Gasteiger partial charge in [-0.15, -0.1) is 5.10 Å². The average molecular weight is 702 g/mol. The summed E-state index contributed by atoms with van der Waals surface area (Å²) in [5, 5.41) is 13.7. The minimum Gasteiger partial charge on any atom is -0.465 e.